The number of fused-ring (bicyclic) bond motifs is 2. The van der Waals surface area contributed by atoms with Crippen LogP contribution < -0.4 is 10.9 Å². The highest BCUT2D eigenvalue weighted by Crippen LogP contribution is 2.43. The van der Waals surface area contributed by atoms with E-state index >= 15 is 0 Å². The zero-order valence-electron chi connectivity index (χ0n) is 14.9. The molecule has 0 bridgehead atoms. The molecule has 3 aliphatic rings. The van der Waals surface area contributed by atoms with Crippen LogP contribution in [0.4, 0.5) is 0 Å². The van der Waals surface area contributed by atoms with Gasteiger partial charge in [-0.05, 0) is 43.7 Å². The van der Waals surface area contributed by atoms with E-state index in [0.29, 0.717) is 12.5 Å². The number of aryl methyl sites for hydroxylation is 1. The van der Waals surface area contributed by atoms with Gasteiger partial charge in [-0.25, -0.2) is 0 Å². The van der Waals surface area contributed by atoms with Crippen molar-refractivity contribution in [3.05, 3.63) is 33.2 Å². The number of pyridine rings is 1. The molecule has 0 unspecified atom stereocenters. The van der Waals surface area contributed by atoms with Crippen LogP contribution in [0, 0.1) is 11.8 Å². The Morgan fingerprint density at radius 2 is 2.20 bits per heavy atom. The lowest BCUT2D eigenvalue weighted by atomic mass is 9.67. The molecule has 4 rings (SSSR count). The average Bonchev–Trinajstić information content (AvgIpc) is 3.05. The smallest absolute Gasteiger partial charge is 0.263 e. The van der Waals surface area contributed by atoms with Crippen LogP contribution in [0.3, 0.4) is 0 Å². The van der Waals surface area contributed by atoms with Gasteiger partial charge in [0.25, 0.3) is 11.5 Å². The molecule has 25 heavy (non-hydrogen) atoms. The predicted molar refractivity (Wildman–Crippen MR) is 92.8 cm³/mol. The first-order valence-corrected chi connectivity index (χ1v) is 9.25. The first kappa shape index (κ1) is 16.8. The topological polar surface area (TPSA) is 69.6 Å². The van der Waals surface area contributed by atoms with E-state index in [4.69, 9.17) is 9.47 Å². The number of hydrogen-bond acceptors (Lipinski definition) is 4. The number of ether oxygens (including phenoxy) is 2. The van der Waals surface area contributed by atoms with E-state index in [1.54, 1.807) is 18.7 Å². The first-order valence-electron chi connectivity index (χ1n) is 9.25. The van der Waals surface area contributed by atoms with Gasteiger partial charge in [-0.3, -0.25) is 9.59 Å². The van der Waals surface area contributed by atoms with Gasteiger partial charge in [0.2, 0.25) is 0 Å². The molecular formula is C19H26N2O4. The lowest BCUT2D eigenvalue weighted by Gasteiger charge is -2.47. The summed E-state index contributed by atoms with van der Waals surface area (Å²) >= 11 is 0. The number of aromatic nitrogens is 1. The van der Waals surface area contributed by atoms with Crippen LogP contribution >= 0.6 is 0 Å². The SMILES string of the molecule is COC[C@@H]1[C@@H](NC(=O)c2cc3c(n(C)c2=O)CCCC3)[C@@H]2CCO[C@H]12. The molecule has 0 aromatic carbocycles. The third-order valence-electron chi connectivity index (χ3n) is 6.17. The summed E-state index contributed by atoms with van der Waals surface area (Å²) in [5.41, 5.74) is 2.29. The lowest BCUT2D eigenvalue weighted by molar-refractivity contribution is -0.0809. The van der Waals surface area contributed by atoms with Gasteiger partial charge in [0.1, 0.15) is 5.56 Å². The number of rotatable bonds is 4. The Bertz CT molecular complexity index is 742. The molecule has 1 amide bonds. The van der Waals surface area contributed by atoms with E-state index in [-0.39, 0.29) is 35.1 Å². The Morgan fingerprint density at radius 3 is 3.00 bits per heavy atom. The Balaban J connectivity index is 1.57. The molecule has 136 valence electrons. The fourth-order valence-corrected chi connectivity index (χ4v) is 4.82. The van der Waals surface area contributed by atoms with Gasteiger partial charge in [-0.1, -0.05) is 0 Å². The van der Waals surface area contributed by atoms with Crippen LogP contribution in [0.1, 0.15) is 40.9 Å². The molecule has 6 heteroatoms. The summed E-state index contributed by atoms with van der Waals surface area (Å²) in [6.07, 6.45) is 5.22. The molecule has 1 aliphatic heterocycles. The van der Waals surface area contributed by atoms with E-state index in [1.807, 2.05) is 6.07 Å². The van der Waals surface area contributed by atoms with Crippen LogP contribution in [0.25, 0.3) is 0 Å². The van der Waals surface area contributed by atoms with E-state index in [9.17, 15) is 9.59 Å². The minimum absolute atomic E-state index is 0.0284. The highest BCUT2D eigenvalue weighted by molar-refractivity contribution is 5.94. The van der Waals surface area contributed by atoms with Gasteiger partial charge < -0.3 is 19.4 Å². The van der Waals surface area contributed by atoms with Crippen molar-refractivity contribution in [2.45, 2.75) is 44.2 Å². The van der Waals surface area contributed by atoms with Crippen LogP contribution in [-0.2, 0) is 29.4 Å². The van der Waals surface area contributed by atoms with Crippen molar-refractivity contribution in [3.8, 4) is 0 Å². The second-order valence-corrected chi connectivity index (χ2v) is 7.51. The van der Waals surface area contributed by atoms with Gasteiger partial charge in [-0.2, -0.15) is 0 Å². The molecule has 0 spiro atoms. The van der Waals surface area contributed by atoms with Crippen molar-refractivity contribution < 1.29 is 14.3 Å². The summed E-state index contributed by atoms with van der Waals surface area (Å²) in [7, 11) is 3.45. The quantitative estimate of drug-likeness (QED) is 0.885. The normalized spacial score (nSPS) is 30.3. The molecule has 2 fully saturated rings. The fraction of sp³-hybridized carbons (Fsp3) is 0.684. The van der Waals surface area contributed by atoms with E-state index in [2.05, 4.69) is 5.32 Å². The van der Waals surface area contributed by atoms with Crippen molar-refractivity contribution in [2.24, 2.45) is 18.9 Å². The first-order chi connectivity index (χ1) is 12.1. The molecule has 2 aliphatic carbocycles. The van der Waals surface area contributed by atoms with Crippen LogP contribution in [0.5, 0.6) is 0 Å². The third-order valence-corrected chi connectivity index (χ3v) is 6.17. The molecule has 1 aromatic heterocycles. The molecule has 1 saturated carbocycles. The maximum Gasteiger partial charge on any atom is 0.263 e. The summed E-state index contributed by atoms with van der Waals surface area (Å²) in [6.45, 7) is 1.30. The maximum atomic E-state index is 12.8. The number of methoxy groups -OCH3 is 1. The van der Waals surface area contributed by atoms with Gasteiger partial charge in [0, 0.05) is 44.3 Å². The van der Waals surface area contributed by atoms with Gasteiger partial charge in [0.05, 0.1) is 12.7 Å². The second kappa shape index (κ2) is 6.57. The van der Waals surface area contributed by atoms with E-state index < -0.39 is 0 Å². The van der Waals surface area contributed by atoms with Crippen molar-refractivity contribution in [2.75, 3.05) is 20.3 Å². The largest absolute Gasteiger partial charge is 0.384 e. The monoisotopic (exact) mass is 346 g/mol. The third kappa shape index (κ3) is 2.72. The predicted octanol–water partition coefficient (Wildman–Crippen LogP) is 1.04. The summed E-state index contributed by atoms with van der Waals surface area (Å²) in [5.74, 6) is 0.249. The van der Waals surface area contributed by atoms with E-state index in [0.717, 1.165) is 50.0 Å². The summed E-state index contributed by atoms with van der Waals surface area (Å²) in [6, 6.07) is 1.85. The molecular weight excluding hydrogens is 320 g/mol. The van der Waals surface area contributed by atoms with Crippen molar-refractivity contribution in [1.82, 2.24) is 9.88 Å². The maximum absolute atomic E-state index is 12.8. The fourth-order valence-electron chi connectivity index (χ4n) is 4.82. The summed E-state index contributed by atoms with van der Waals surface area (Å²) in [4.78, 5) is 25.5. The van der Waals surface area contributed by atoms with Crippen LogP contribution in [0.2, 0.25) is 0 Å². The minimum atomic E-state index is -0.259. The number of carbonyl (C=O) groups is 1. The Labute approximate surface area is 147 Å². The molecule has 1 aromatic rings. The Hall–Kier alpha value is -1.66. The molecule has 1 saturated heterocycles. The average molecular weight is 346 g/mol. The van der Waals surface area contributed by atoms with Gasteiger partial charge in [-0.15, -0.1) is 0 Å². The molecule has 1 N–H and O–H groups in total. The number of carbonyl (C=O) groups excluding carboxylic acids is 1. The van der Waals surface area contributed by atoms with Crippen LogP contribution in [-0.4, -0.2) is 42.9 Å². The second-order valence-electron chi connectivity index (χ2n) is 7.51. The van der Waals surface area contributed by atoms with Crippen molar-refractivity contribution in [1.29, 1.82) is 0 Å². The van der Waals surface area contributed by atoms with Crippen molar-refractivity contribution in [3.63, 3.8) is 0 Å². The molecule has 2 heterocycles. The summed E-state index contributed by atoms with van der Waals surface area (Å²) < 4.78 is 12.7. The number of amides is 1. The van der Waals surface area contributed by atoms with Gasteiger partial charge >= 0.3 is 0 Å². The molecule has 6 nitrogen and oxygen atoms in total. The number of hydrogen-bond donors (Lipinski definition) is 1. The van der Waals surface area contributed by atoms with Crippen LogP contribution in [0.15, 0.2) is 10.9 Å². The Morgan fingerprint density at radius 1 is 1.40 bits per heavy atom. The highest BCUT2D eigenvalue weighted by Gasteiger charge is 2.54. The highest BCUT2D eigenvalue weighted by atomic mass is 16.5. The lowest BCUT2D eigenvalue weighted by Crippen LogP contribution is -2.63. The Kier molecular flexibility index (Phi) is 4.41. The number of nitrogens with one attached hydrogen (secondary N) is 1. The summed E-state index contributed by atoms with van der Waals surface area (Å²) in [5, 5.41) is 3.10. The van der Waals surface area contributed by atoms with Gasteiger partial charge in [0.15, 0.2) is 0 Å². The molecule has 4 atom stereocenters. The van der Waals surface area contributed by atoms with Crippen molar-refractivity contribution >= 4 is 5.91 Å². The number of nitrogens with zero attached hydrogens (tertiary/aromatic N) is 1. The zero-order chi connectivity index (χ0) is 17.6. The molecule has 0 radical (unpaired) electrons. The minimum Gasteiger partial charge on any atom is -0.384 e. The van der Waals surface area contributed by atoms with E-state index in [1.165, 1.54) is 0 Å². The zero-order valence-corrected chi connectivity index (χ0v) is 14.9. The standard InChI is InChI=1S/C19H26N2O4/c1-21-15-6-4-3-5-11(15)9-13(19(21)23)18(22)20-16-12-7-8-25-17(12)14(16)10-24-2/h9,12,14,16-17H,3-8,10H2,1-2H3,(H,20,22)/t12-,14+,16-,17-/m0/s1.